The van der Waals surface area contributed by atoms with Gasteiger partial charge in [0.25, 0.3) is 0 Å². The molecule has 5 nitrogen and oxygen atoms in total. The lowest BCUT2D eigenvalue weighted by Crippen LogP contribution is -2.30. The predicted molar refractivity (Wildman–Crippen MR) is 46.2 cm³/mol. The van der Waals surface area contributed by atoms with Crippen molar-refractivity contribution in [1.29, 1.82) is 0 Å². The molecule has 0 amide bonds. The molecule has 0 aromatic carbocycles. The number of halogens is 1. The van der Waals surface area contributed by atoms with Gasteiger partial charge in [0, 0.05) is 0 Å². The average Bonchev–Trinajstić information content (AvgIpc) is 1.82. The van der Waals surface area contributed by atoms with Crippen LogP contribution in [0.4, 0.5) is 0 Å². The molecule has 1 unspecified atom stereocenters. The van der Waals surface area contributed by atoms with Gasteiger partial charge in [-0.05, 0) is 19.4 Å². The van der Waals surface area contributed by atoms with Crippen LogP contribution in [0, 0.1) is 0 Å². The van der Waals surface area contributed by atoms with E-state index in [1.54, 1.807) is 0 Å². The van der Waals surface area contributed by atoms with E-state index in [2.05, 4.69) is 0 Å². The lowest BCUT2D eigenvalue weighted by atomic mass is 10.2. The second-order valence-corrected chi connectivity index (χ2v) is 1.88. The molecule has 0 bridgehead atoms. The van der Waals surface area contributed by atoms with E-state index in [1.165, 1.54) is 0 Å². The van der Waals surface area contributed by atoms with Gasteiger partial charge in [0.2, 0.25) is 0 Å². The topological polar surface area (TPSA) is 124 Å². The van der Waals surface area contributed by atoms with E-state index in [4.69, 9.17) is 16.6 Å². The van der Waals surface area contributed by atoms with Crippen molar-refractivity contribution < 1.29 is 9.90 Å². The fourth-order valence-electron chi connectivity index (χ4n) is 0.461. The van der Waals surface area contributed by atoms with E-state index in [9.17, 15) is 4.79 Å². The monoisotopic (exact) mass is 185 g/mol. The summed E-state index contributed by atoms with van der Waals surface area (Å²) in [7, 11) is 0. The Morgan fingerprint density at radius 2 is 2.00 bits per heavy atom. The molecule has 11 heavy (non-hydrogen) atoms. The fraction of sp³-hybridized carbons (Fsp3) is 0.800. The van der Waals surface area contributed by atoms with E-state index in [0.717, 1.165) is 0 Å². The Kier molecular flexibility index (Phi) is 14.8. The number of aliphatic carboxylic acids is 1. The third kappa shape index (κ3) is 9.64. The normalized spacial score (nSPS) is 10.7. The van der Waals surface area contributed by atoms with Crippen molar-refractivity contribution in [3.05, 3.63) is 0 Å². The van der Waals surface area contributed by atoms with Crippen molar-refractivity contribution in [3.63, 3.8) is 0 Å². The minimum atomic E-state index is -0.955. The number of nitrogens with two attached hydrogens (primary N) is 2. The SMILES string of the molecule is Cl.N.NCCCC(N)C(=O)O. The molecule has 0 fully saturated rings. The second kappa shape index (κ2) is 9.64. The predicted octanol–water partition coefficient (Wildman–Crippen LogP) is -0.279. The van der Waals surface area contributed by atoms with Gasteiger partial charge in [0.15, 0.2) is 0 Å². The first-order chi connectivity index (χ1) is 4.18. The van der Waals surface area contributed by atoms with Crippen molar-refractivity contribution in [2.24, 2.45) is 11.5 Å². The van der Waals surface area contributed by atoms with Gasteiger partial charge in [0.05, 0.1) is 0 Å². The molecule has 0 saturated heterocycles. The maximum absolute atomic E-state index is 10.0. The zero-order valence-electron chi connectivity index (χ0n) is 6.32. The van der Waals surface area contributed by atoms with Crippen LogP contribution in [-0.2, 0) is 4.79 Å². The largest absolute Gasteiger partial charge is 0.480 e. The summed E-state index contributed by atoms with van der Waals surface area (Å²) in [5.74, 6) is -0.955. The Labute approximate surface area is 72.1 Å². The Hall–Kier alpha value is -0.360. The summed E-state index contributed by atoms with van der Waals surface area (Å²) in [4.78, 5) is 10.0. The number of rotatable bonds is 4. The summed E-state index contributed by atoms with van der Waals surface area (Å²) >= 11 is 0. The number of hydrogen-bond donors (Lipinski definition) is 4. The smallest absolute Gasteiger partial charge is 0.320 e. The van der Waals surface area contributed by atoms with Crippen LogP contribution in [0.2, 0.25) is 0 Å². The van der Waals surface area contributed by atoms with Gasteiger partial charge < -0.3 is 22.7 Å². The van der Waals surface area contributed by atoms with E-state index in [0.29, 0.717) is 19.4 Å². The summed E-state index contributed by atoms with van der Waals surface area (Å²) in [6, 6.07) is -0.742. The van der Waals surface area contributed by atoms with Crippen LogP contribution >= 0.6 is 12.4 Å². The van der Waals surface area contributed by atoms with Crippen molar-refractivity contribution in [2.45, 2.75) is 18.9 Å². The van der Waals surface area contributed by atoms with Crippen LogP contribution in [0.15, 0.2) is 0 Å². The molecular formula is C5H16ClN3O2. The molecule has 0 aromatic rings. The summed E-state index contributed by atoms with van der Waals surface area (Å²) in [6.07, 6.45) is 1.14. The lowest BCUT2D eigenvalue weighted by molar-refractivity contribution is -0.138. The molecule has 70 valence electrons. The molecule has 1 atom stereocenters. The average molecular weight is 186 g/mol. The van der Waals surface area contributed by atoms with E-state index >= 15 is 0 Å². The number of carboxylic acid groups (broad SMARTS) is 1. The van der Waals surface area contributed by atoms with Gasteiger partial charge in [-0.3, -0.25) is 4.79 Å². The highest BCUT2D eigenvalue weighted by atomic mass is 35.5. The van der Waals surface area contributed by atoms with Gasteiger partial charge >= 0.3 is 5.97 Å². The van der Waals surface area contributed by atoms with E-state index in [-0.39, 0.29) is 18.6 Å². The summed E-state index contributed by atoms with van der Waals surface area (Å²) in [5.41, 5.74) is 10.3. The minimum Gasteiger partial charge on any atom is -0.480 e. The highest BCUT2D eigenvalue weighted by molar-refractivity contribution is 5.85. The Morgan fingerprint density at radius 1 is 1.55 bits per heavy atom. The molecule has 0 radical (unpaired) electrons. The third-order valence-corrected chi connectivity index (χ3v) is 1.04. The van der Waals surface area contributed by atoms with Crippen molar-refractivity contribution in [1.82, 2.24) is 6.15 Å². The minimum absolute atomic E-state index is 0. The highest BCUT2D eigenvalue weighted by Gasteiger charge is 2.08. The molecular weight excluding hydrogens is 170 g/mol. The summed E-state index contributed by atoms with van der Waals surface area (Å²) in [5, 5.41) is 8.24. The van der Waals surface area contributed by atoms with Gasteiger partial charge in [-0.2, -0.15) is 0 Å². The molecule has 0 saturated carbocycles. The van der Waals surface area contributed by atoms with Gasteiger partial charge in [-0.1, -0.05) is 0 Å². The highest BCUT2D eigenvalue weighted by Crippen LogP contribution is 1.91. The molecule has 0 rings (SSSR count). The molecule has 0 aliphatic rings. The zero-order chi connectivity index (χ0) is 7.28. The first kappa shape index (κ1) is 16.9. The standard InChI is InChI=1S/C5H12N2O2.ClH.H3N/c6-3-1-2-4(7)5(8)9;;/h4H,1-3,6-7H2,(H,8,9);1H;1H3. The summed E-state index contributed by atoms with van der Waals surface area (Å²) in [6.45, 7) is 0.501. The van der Waals surface area contributed by atoms with Crippen LogP contribution in [-0.4, -0.2) is 23.7 Å². The summed E-state index contributed by atoms with van der Waals surface area (Å²) < 4.78 is 0. The fourth-order valence-corrected chi connectivity index (χ4v) is 0.461. The van der Waals surface area contributed by atoms with Crippen molar-refractivity contribution >= 4 is 18.4 Å². The molecule has 0 aliphatic heterocycles. The Bertz CT molecular complexity index is 102. The molecule has 0 aliphatic carbocycles. The second-order valence-electron chi connectivity index (χ2n) is 1.88. The first-order valence-corrected chi connectivity index (χ1v) is 2.87. The van der Waals surface area contributed by atoms with Crippen molar-refractivity contribution in [3.8, 4) is 0 Å². The van der Waals surface area contributed by atoms with Gasteiger partial charge in [-0.15, -0.1) is 12.4 Å². The van der Waals surface area contributed by atoms with Crippen LogP contribution in [0.3, 0.4) is 0 Å². The Balaban J connectivity index is -0.000000320. The first-order valence-electron chi connectivity index (χ1n) is 2.87. The van der Waals surface area contributed by atoms with Gasteiger partial charge in [-0.25, -0.2) is 0 Å². The molecule has 0 spiro atoms. The number of carbonyl (C=O) groups is 1. The maximum atomic E-state index is 10.0. The number of hydrogen-bond acceptors (Lipinski definition) is 4. The zero-order valence-corrected chi connectivity index (χ0v) is 7.14. The molecule has 0 aromatic heterocycles. The number of carboxylic acids is 1. The van der Waals surface area contributed by atoms with Gasteiger partial charge in [0.1, 0.15) is 6.04 Å². The lowest BCUT2D eigenvalue weighted by Gasteiger charge is -2.02. The van der Waals surface area contributed by atoms with Crippen LogP contribution in [0.1, 0.15) is 12.8 Å². The van der Waals surface area contributed by atoms with E-state index in [1.807, 2.05) is 0 Å². The Morgan fingerprint density at radius 3 is 2.27 bits per heavy atom. The van der Waals surface area contributed by atoms with Crippen molar-refractivity contribution in [2.75, 3.05) is 6.54 Å². The van der Waals surface area contributed by atoms with Crippen LogP contribution in [0.5, 0.6) is 0 Å². The molecule has 0 heterocycles. The molecule has 8 N–H and O–H groups in total. The maximum Gasteiger partial charge on any atom is 0.320 e. The van der Waals surface area contributed by atoms with Crippen LogP contribution in [0.25, 0.3) is 0 Å². The quantitative estimate of drug-likeness (QED) is 0.480. The van der Waals surface area contributed by atoms with Crippen LogP contribution < -0.4 is 17.6 Å². The van der Waals surface area contributed by atoms with E-state index < -0.39 is 12.0 Å². The third-order valence-electron chi connectivity index (χ3n) is 1.04. The molecule has 6 heteroatoms.